The minimum absolute atomic E-state index is 0.514. The van der Waals surface area contributed by atoms with Crippen LogP contribution in [0, 0.1) is 3.57 Å². The van der Waals surface area contributed by atoms with Gasteiger partial charge in [0.1, 0.15) is 12.4 Å². The van der Waals surface area contributed by atoms with Crippen molar-refractivity contribution in [2.75, 3.05) is 6.61 Å². The summed E-state index contributed by atoms with van der Waals surface area (Å²) in [5.41, 5.74) is 0. The van der Waals surface area contributed by atoms with Gasteiger partial charge in [-0.15, -0.1) is 0 Å². The lowest BCUT2D eigenvalue weighted by Crippen LogP contribution is -1.95. The number of ether oxygens (including phenoxy) is 1. The maximum atomic E-state index is 5.40. The normalized spacial score (nSPS) is 9.50. The Labute approximate surface area is 94.1 Å². The first-order valence-corrected chi connectivity index (χ1v) is 5.27. The van der Waals surface area contributed by atoms with Crippen molar-refractivity contribution in [3.8, 4) is 5.75 Å². The Morgan fingerprint density at radius 3 is 2.92 bits per heavy atom. The molecule has 0 fully saturated rings. The summed E-state index contributed by atoms with van der Waals surface area (Å²) >= 11 is 5.48. The van der Waals surface area contributed by atoms with Gasteiger partial charge in [-0.25, -0.2) is 0 Å². The molecule has 64 valence electrons. The van der Waals surface area contributed by atoms with E-state index in [2.05, 4.69) is 45.1 Å². The molecule has 0 atom stereocenters. The van der Waals surface area contributed by atoms with E-state index in [9.17, 15) is 0 Å². The van der Waals surface area contributed by atoms with Crippen molar-refractivity contribution in [2.45, 2.75) is 0 Å². The molecule has 12 heavy (non-hydrogen) atoms. The van der Waals surface area contributed by atoms with Crippen LogP contribution in [0.15, 0.2) is 35.3 Å². The minimum atomic E-state index is 0.514. The van der Waals surface area contributed by atoms with E-state index in [0.29, 0.717) is 6.61 Å². The zero-order chi connectivity index (χ0) is 8.97. The predicted molar refractivity (Wildman–Crippen MR) is 62.7 cm³/mol. The van der Waals surface area contributed by atoms with Crippen LogP contribution >= 0.6 is 38.5 Å². The van der Waals surface area contributed by atoms with Gasteiger partial charge in [0.05, 0.1) is 0 Å². The van der Waals surface area contributed by atoms with E-state index in [0.717, 1.165) is 10.2 Å². The predicted octanol–water partition coefficient (Wildman–Crippen LogP) is 3.58. The third-order valence-corrected chi connectivity index (χ3v) is 2.09. The van der Waals surface area contributed by atoms with Crippen molar-refractivity contribution in [2.24, 2.45) is 0 Å². The number of hydrogen-bond acceptors (Lipinski definition) is 1. The third kappa shape index (κ3) is 3.58. The van der Waals surface area contributed by atoms with E-state index >= 15 is 0 Å². The highest BCUT2D eigenvalue weighted by atomic mass is 127. The molecule has 1 aromatic carbocycles. The molecule has 0 saturated heterocycles. The summed E-state index contributed by atoms with van der Waals surface area (Å²) in [5.74, 6) is 0.877. The van der Waals surface area contributed by atoms with Crippen LogP contribution in [0.4, 0.5) is 0 Å². The van der Waals surface area contributed by atoms with Crippen LogP contribution < -0.4 is 4.74 Å². The SMILES string of the molecule is C=C(Br)COc1cccc(I)c1. The van der Waals surface area contributed by atoms with E-state index in [-0.39, 0.29) is 0 Å². The van der Waals surface area contributed by atoms with Crippen molar-refractivity contribution in [1.29, 1.82) is 0 Å². The van der Waals surface area contributed by atoms with Gasteiger partial charge in [0.15, 0.2) is 0 Å². The van der Waals surface area contributed by atoms with Crippen LogP contribution in [-0.4, -0.2) is 6.61 Å². The lowest BCUT2D eigenvalue weighted by molar-refractivity contribution is 0.360. The second kappa shape index (κ2) is 4.87. The summed E-state index contributed by atoms with van der Waals surface area (Å²) < 4.78 is 7.42. The first-order valence-electron chi connectivity index (χ1n) is 3.40. The highest BCUT2D eigenvalue weighted by Gasteiger charge is 1.94. The van der Waals surface area contributed by atoms with Crippen LogP contribution in [0.25, 0.3) is 0 Å². The van der Waals surface area contributed by atoms with Gasteiger partial charge in [-0.1, -0.05) is 28.6 Å². The molecule has 1 nitrogen and oxygen atoms in total. The topological polar surface area (TPSA) is 9.23 Å². The van der Waals surface area contributed by atoms with Crippen LogP contribution in [-0.2, 0) is 0 Å². The maximum absolute atomic E-state index is 5.40. The first-order chi connectivity index (χ1) is 5.68. The molecule has 0 bridgehead atoms. The van der Waals surface area contributed by atoms with Gasteiger partial charge in [-0.3, -0.25) is 0 Å². The van der Waals surface area contributed by atoms with Gasteiger partial charge in [0.25, 0.3) is 0 Å². The summed E-state index contributed by atoms with van der Waals surface area (Å²) in [5, 5.41) is 0. The van der Waals surface area contributed by atoms with Crippen LogP contribution in [0.1, 0.15) is 0 Å². The van der Waals surface area contributed by atoms with Crippen LogP contribution in [0.2, 0.25) is 0 Å². The molecule has 0 aliphatic carbocycles. The molecule has 0 aromatic heterocycles. The average Bonchev–Trinajstić information content (AvgIpc) is 2.01. The first kappa shape index (κ1) is 10.1. The van der Waals surface area contributed by atoms with Crippen molar-refractivity contribution >= 4 is 38.5 Å². The molecule has 0 amide bonds. The standard InChI is InChI=1S/C9H8BrIO/c1-7(10)6-12-9-4-2-3-8(11)5-9/h2-5H,1,6H2. The van der Waals surface area contributed by atoms with Gasteiger partial charge in [-0.05, 0) is 40.8 Å². The largest absolute Gasteiger partial charge is 0.488 e. The lowest BCUT2D eigenvalue weighted by atomic mass is 10.3. The Balaban J connectivity index is 2.57. The fourth-order valence-electron chi connectivity index (χ4n) is 0.718. The molecule has 0 aliphatic rings. The second-order valence-corrected chi connectivity index (χ2v) is 4.63. The quantitative estimate of drug-likeness (QED) is 0.765. The highest BCUT2D eigenvalue weighted by Crippen LogP contribution is 2.15. The third-order valence-electron chi connectivity index (χ3n) is 1.19. The Bertz CT molecular complexity index is 286. The molecular weight excluding hydrogens is 331 g/mol. The monoisotopic (exact) mass is 338 g/mol. The number of halogens is 2. The fourth-order valence-corrected chi connectivity index (χ4v) is 1.35. The summed E-state index contributed by atoms with van der Waals surface area (Å²) in [6.45, 7) is 4.20. The van der Waals surface area contributed by atoms with Gasteiger partial charge in [-0.2, -0.15) is 0 Å². The molecule has 1 aromatic rings. The van der Waals surface area contributed by atoms with Crippen molar-refractivity contribution in [3.05, 3.63) is 38.9 Å². The molecule has 1 rings (SSSR count). The number of rotatable bonds is 3. The molecular formula is C9H8BrIO. The fraction of sp³-hybridized carbons (Fsp3) is 0.111. The Hall–Kier alpha value is -0.0300. The summed E-state index contributed by atoms with van der Waals surface area (Å²) in [7, 11) is 0. The summed E-state index contributed by atoms with van der Waals surface area (Å²) in [6, 6.07) is 7.90. The molecule has 3 heteroatoms. The molecule has 0 heterocycles. The van der Waals surface area contributed by atoms with Gasteiger partial charge in [0.2, 0.25) is 0 Å². The van der Waals surface area contributed by atoms with Crippen LogP contribution in [0.3, 0.4) is 0 Å². The molecule has 0 saturated carbocycles. The van der Waals surface area contributed by atoms with Crippen molar-refractivity contribution in [3.63, 3.8) is 0 Å². The molecule has 0 radical (unpaired) electrons. The van der Waals surface area contributed by atoms with E-state index in [4.69, 9.17) is 4.74 Å². The summed E-state index contributed by atoms with van der Waals surface area (Å²) in [4.78, 5) is 0. The molecule has 0 aliphatic heterocycles. The van der Waals surface area contributed by atoms with E-state index < -0.39 is 0 Å². The van der Waals surface area contributed by atoms with Gasteiger partial charge < -0.3 is 4.74 Å². The zero-order valence-corrected chi connectivity index (χ0v) is 10.1. The smallest absolute Gasteiger partial charge is 0.120 e. The minimum Gasteiger partial charge on any atom is -0.488 e. The Morgan fingerprint density at radius 2 is 2.33 bits per heavy atom. The van der Waals surface area contributed by atoms with E-state index in [1.807, 2.05) is 24.3 Å². The molecule has 0 unspecified atom stereocenters. The van der Waals surface area contributed by atoms with Crippen LogP contribution in [0.5, 0.6) is 5.75 Å². The van der Waals surface area contributed by atoms with Gasteiger partial charge >= 0.3 is 0 Å². The Kier molecular flexibility index (Phi) is 4.08. The lowest BCUT2D eigenvalue weighted by Gasteiger charge is -2.04. The second-order valence-electron chi connectivity index (χ2n) is 2.26. The summed E-state index contributed by atoms with van der Waals surface area (Å²) in [6.07, 6.45) is 0. The molecule has 0 N–H and O–H groups in total. The zero-order valence-electron chi connectivity index (χ0n) is 6.39. The highest BCUT2D eigenvalue weighted by molar-refractivity contribution is 14.1. The number of hydrogen-bond donors (Lipinski definition) is 0. The van der Waals surface area contributed by atoms with E-state index in [1.54, 1.807) is 0 Å². The Morgan fingerprint density at radius 1 is 1.58 bits per heavy atom. The van der Waals surface area contributed by atoms with E-state index in [1.165, 1.54) is 3.57 Å². The van der Waals surface area contributed by atoms with Crippen molar-refractivity contribution < 1.29 is 4.74 Å². The van der Waals surface area contributed by atoms with Gasteiger partial charge in [0, 0.05) is 8.05 Å². The molecule has 0 spiro atoms. The number of benzene rings is 1. The maximum Gasteiger partial charge on any atom is 0.120 e. The average molecular weight is 339 g/mol. The van der Waals surface area contributed by atoms with Crippen molar-refractivity contribution in [1.82, 2.24) is 0 Å².